The van der Waals surface area contributed by atoms with Crippen molar-refractivity contribution in [3.05, 3.63) is 53.6 Å². The molecule has 2 aromatic carbocycles. The van der Waals surface area contributed by atoms with E-state index in [0.717, 1.165) is 49.5 Å². The molecule has 1 aliphatic heterocycles. The molecule has 0 bridgehead atoms. The molecule has 0 saturated carbocycles. The van der Waals surface area contributed by atoms with E-state index < -0.39 is 10.0 Å². The van der Waals surface area contributed by atoms with E-state index in [4.69, 9.17) is 0 Å². The Morgan fingerprint density at radius 3 is 2.31 bits per heavy atom. The highest BCUT2D eigenvalue weighted by Gasteiger charge is 2.21. The minimum Gasteiger partial charge on any atom is -0.367 e. The van der Waals surface area contributed by atoms with Crippen molar-refractivity contribution in [1.82, 2.24) is 4.90 Å². The van der Waals surface area contributed by atoms with Crippen LogP contribution in [0.2, 0.25) is 0 Å². The van der Waals surface area contributed by atoms with E-state index in [2.05, 4.69) is 21.4 Å². The van der Waals surface area contributed by atoms with Gasteiger partial charge in [0.05, 0.1) is 16.3 Å². The summed E-state index contributed by atoms with van der Waals surface area (Å²) in [6.07, 6.45) is 0. The van der Waals surface area contributed by atoms with E-state index in [9.17, 15) is 8.42 Å². The lowest BCUT2D eigenvalue weighted by Gasteiger charge is -2.36. The first-order valence-electron chi connectivity index (χ1n) is 9.07. The van der Waals surface area contributed by atoms with Crippen LogP contribution in [0.3, 0.4) is 0 Å². The Morgan fingerprint density at radius 2 is 1.65 bits per heavy atom. The minimum absolute atomic E-state index is 0.297. The monoisotopic (exact) mass is 373 g/mol. The van der Waals surface area contributed by atoms with Crippen LogP contribution in [0.15, 0.2) is 47.4 Å². The van der Waals surface area contributed by atoms with Crippen molar-refractivity contribution in [3.8, 4) is 0 Å². The number of likely N-dealkylation sites (N-methyl/N-ethyl adjacent to an activating group) is 1. The molecule has 0 unspecified atom stereocenters. The zero-order chi connectivity index (χ0) is 18.7. The average molecular weight is 374 g/mol. The molecular weight excluding hydrogens is 346 g/mol. The Kier molecular flexibility index (Phi) is 5.53. The molecule has 0 radical (unpaired) electrons. The predicted octanol–water partition coefficient (Wildman–Crippen LogP) is 3.25. The number of hydrogen-bond donors (Lipinski definition) is 1. The van der Waals surface area contributed by atoms with Gasteiger partial charge in [-0.1, -0.05) is 25.1 Å². The molecule has 26 heavy (non-hydrogen) atoms. The highest BCUT2D eigenvalue weighted by Crippen LogP contribution is 2.29. The van der Waals surface area contributed by atoms with Crippen LogP contribution in [-0.2, 0) is 10.0 Å². The van der Waals surface area contributed by atoms with Gasteiger partial charge in [0.25, 0.3) is 10.0 Å². The molecule has 1 saturated heterocycles. The number of rotatable bonds is 5. The smallest absolute Gasteiger partial charge is 0.261 e. The molecule has 0 atom stereocenters. The van der Waals surface area contributed by atoms with E-state index in [0.29, 0.717) is 10.6 Å². The van der Waals surface area contributed by atoms with Crippen molar-refractivity contribution in [2.24, 2.45) is 0 Å². The van der Waals surface area contributed by atoms with Crippen LogP contribution in [0.5, 0.6) is 0 Å². The molecular formula is C20H27N3O2S. The van der Waals surface area contributed by atoms with Crippen molar-refractivity contribution in [2.45, 2.75) is 25.7 Å². The second-order valence-electron chi connectivity index (χ2n) is 6.79. The van der Waals surface area contributed by atoms with Gasteiger partial charge in [0.1, 0.15) is 0 Å². The standard InChI is InChI=1S/C20H27N3O2S/c1-4-22-11-13-23(14-12-22)20-8-6-5-7-19(20)21-26(24,25)18-10-9-16(2)17(3)15-18/h5-10,15,21H,4,11-14H2,1-3H3. The van der Waals surface area contributed by atoms with Crippen molar-refractivity contribution < 1.29 is 8.42 Å². The predicted molar refractivity (Wildman–Crippen MR) is 107 cm³/mol. The van der Waals surface area contributed by atoms with Gasteiger partial charge in [0, 0.05) is 26.2 Å². The summed E-state index contributed by atoms with van der Waals surface area (Å²) in [5.41, 5.74) is 3.63. The van der Waals surface area contributed by atoms with Gasteiger partial charge in [-0.25, -0.2) is 8.42 Å². The zero-order valence-electron chi connectivity index (χ0n) is 15.7. The number of benzene rings is 2. The number of aryl methyl sites for hydroxylation is 2. The molecule has 3 rings (SSSR count). The van der Waals surface area contributed by atoms with Crippen molar-refractivity contribution in [1.29, 1.82) is 0 Å². The first kappa shape index (κ1) is 18.7. The molecule has 1 aliphatic rings. The summed E-state index contributed by atoms with van der Waals surface area (Å²) in [5.74, 6) is 0. The fourth-order valence-corrected chi connectivity index (χ4v) is 4.38. The molecule has 0 aromatic heterocycles. The van der Waals surface area contributed by atoms with Gasteiger partial charge in [0.2, 0.25) is 0 Å². The number of nitrogens with one attached hydrogen (secondary N) is 1. The highest BCUT2D eigenvalue weighted by atomic mass is 32.2. The summed E-state index contributed by atoms with van der Waals surface area (Å²) < 4.78 is 28.5. The Balaban J connectivity index is 1.85. The van der Waals surface area contributed by atoms with Gasteiger partial charge >= 0.3 is 0 Å². The molecule has 0 amide bonds. The average Bonchev–Trinajstić information content (AvgIpc) is 2.64. The van der Waals surface area contributed by atoms with Crippen LogP contribution >= 0.6 is 0 Å². The molecule has 140 valence electrons. The normalized spacial score (nSPS) is 15.9. The van der Waals surface area contributed by atoms with E-state index in [1.54, 1.807) is 12.1 Å². The maximum atomic E-state index is 12.9. The van der Waals surface area contributed by atoms with Gasteiger partial charge in [-0.2, -0.15) is 0 Å². The van der Waals surface area contributed by atoms with E-state index in [1.807, 2.05) is 44.2 Å². The summed E-state index contributed by atoms with van der Waals surface area (Å²) >= 11 is 0. The molecule has 1 N–H and O–H groups in total. The maximum Gasteiger partial charge on any atom is 0.261 e. The number of para-hydroxylation sites is 2. The quantitative estimate of drug-likeness (QED) is 0.874. The van der Waals surface area contributed by atoms with Gasteiger partial charge < -0.3 is 9.80 Å². The minimum atomic E-state index is -3.62. The summed E-state index contributed by atoms with van der Waals surface area (Å²) in [6.45, 7) is 10.9. The molecule has 1 fully saturated rings. The van der Waals surface area contributed by atoms with Crippen molar-refractivity contribution in [3.63, 3.8) is 0 Å². The fraction of sp³-hybridized carbons (Fsp3) is 0.400. The molecule has 6 heteroatoms. The van der Waals surface area contributed by atoms with Crippen molar-refractivity contribution >= 4 is 21.4 Å². The topological polar surface area (TPSA) is 52.6 Å². The SMILES string of the molecule is CCN1CCN(c2ccccc2NS(=O)(=O)c2ccc(C)c(C)c2)CC1. The second-order valence-corrected chi connectivity index (χ2v) is 8.47. The molecule has 5 nitrogen and oxygen atoms in total. The Labute approximate surface area is 156 Å². The summed E-state index contributed by atoms with van der Waals surface area (Å²) in [7, 11) is -3.62. The third-order valence-electron chi connectivity index (χ3n) is 5.10. The number of nitrogens with zero attached hydrogens (tertiary/aromatic N) is 2. The first-order valence-corrected chi connectivity index (χ1v) is 10.6. The number of piperazine rings is 1. The van der Waals surface area contributed by atoms with Crippen LogP contribution in [0, 0.1) is 13.8 Å². The highest BCUT2D eigenvalue weighted by molar-refractivity contribution is 7.92. The van der Waals surface area contributed by atoms with Gasteiger partial charge in [-0.3, -0.25) is 4.72 Å². The van der Waals surface area contributed by atoms with Gasteiger partial charge in [-0.15, -0.1) is 0 Å². The van der Waals surface area contributed by atoms with Gasteiger partial charge in [-0.05, 0) is 55.8 Å². The summed E-state index contributed by atoms with van der Waals surface area (Å²) in [6, 6.07) is 12.9. The third-order valence-corrected chi connectivity index (χ3v) is 6.46. The Bertz CT molecular complexity index is 872. The lowest BCUT2D eigenvalue weighted by molar-refractivity contribution is 0.271. The fourth-order valence-electron chi connectivity index (χ4n) is 3.23. The Morgan fingerprint density at radius 1 is 0.962 bits per heavy atom. The lowest BCUT2D eigenvalue weighted by atomic mass is 10.1. The number of anilines is 2. The van der Waals surface area contributed by atoms with Crippen molar-refractivity contribution in [2.75, 3.05) is 42.3 Å². The maximum absolute atomic E-state index is 12.9. The zero-order valence-corrected chi connectivity index (χ0v) is 16.5. The third kappa shape index (κ3) is 4.02. The van der Waals surface area contributed by atoms with E-state index in [-0.39, 0.29) is 0 Å². The molecule has 2 aromatic rings. The summed E-state index contributed by atoms with van der Waals surface area (Å²) in [5, 5.41) is 0. The number of hydrogen-bond acceptors (Lipinski definition) is 4. The van der Waals surface area contributed by atoms with Crippen LogP contribution in [0.1, 0.15) is 18.1 Å². The molecule has 1 heterocycles. The number of sulfonamides is 1. The van der Waals surface area contributed by atoms with Crippen LogP contribution in [-0.4, -0.2) is 46.0 Å². The van der Waals surface area contributed by atoms with Crippen LogP contribution in [0.4, 0.5) is 11.4 Å². The Hall–Kier alpha value is -2.05. The van der Waals surface area contributed by atoms with Crippen LogP contribution < -0.4 is 9.62 Å². The van der Waals surface area contributed by atoms with E-state index >= 15 is 0 Å². The van der Waals surface area contributed by atoms with Gasteiger partial charge in [0.15, 0.2) is 0 Å². The van der Waals surface area contributed by atoms with Crippen LogP contribution in [0.25, 0.3) is 0 Å². The lowest BCUT2D eigenvalue weighted by Crippen LogP contribution is -2.46. The molecule has 0 spiro atoms. The second kappa shape index (κ2) is 7.68. The largest absolute Gasteiger partial charge is 0.367 e. The molecule has 0 aliphatic carbocycles. The first-order chi connectivity index (χ1) is 12.4. The van der Waals surface area contributed by atoms with E-state index in [1.165, 1.54) is 0 Å². The summed E-state index contributed by atoms with van der Waals surface area (Å²) in [4.78, 5) is 4.95.